The summed E-state index contributed by atoms with van der Waals surface area (Å²) < 4.78 is 11.6. The molecule has 3 aliphatic carbocycles. The Bertz CT molecular complexity index is 884. The van der Waals surface area contributed by atoms with Crippen molar-refractivity contribution in [3.8, 4) is 5.75 Å². The minimum Gasteiger partial charge on any atom is -0.493 e. The standard InChI is InChI=1S/C34H56N2O4/c1-35-25-30(23-27-11-4-3-5-12-27)36-33(37)28-13-10-14-29(24-28)34(38,20-8-9-21-39-2)31-15-6-7-16-32(31)40-22-19-26-17-18-26/h6-7,15-16,26-30,35,38H,3-5,8-14,17-25H2,1-2H3,(H,36,37)/t28?,29-,30+,34+/m1/s1. The molecule has 6 nitrogen and oxygen atoms in total. The number of para-hydroxylation sites is 1. The van der Waals surface area contributed by atoms with E-state index in [0.717, 1.165) is 81.1 Å². The first-order valence-electron chi connectivity index (χ1n) is 16.4. The number of aliphatic hydroxyl groups is 1. The van der Waals surface area contributed by atoms with E-state index >= 15 is 0 Å². The molecule has 3 N–H and O–H groups in total. The van der Waals surface area contributed by atoms with Crippen molar-refractivity contribution < 1.29 is 19.4 Å². The largest absolute Gasteiger partial charge is 0.493 e. The molecule has 1 aromatic carbocycles. The van der Waals surface area contributed by atoms with Crippen LogP contribution in [0.1, 0.15) is 108 Å². The SMILES string of the molecule is CNC[C@H](CC1CCCCC1)NC(=O)C1CCC[C@@H]([C@@](O)(CCCCOC)c2ccccc2OCCC2CC2)C1. The van der Waals surface area contributed by atoms with Crippen LogP contribution in [0.4, 0.5) is 0 Å². The summed E-state index contributed by atoms with van der Waals surface area (Å²) in [5, 5.41) is 19.3. The molecule has 40 heavy (non-hydrogen) atoms. The number of nitrogens with one attached hydrogen (secondary N) is 2. The number of hydrogen-bond donors (Lipinski definition) is 3. The quantitative estimate of drug-likeness (QED) is 0.195. The fraction of sp³-hybridized carbons (Fsp3) is 0.794. The maximum absolute atomic E-state index is 13.6. The summed E-state index contributed by atoms with van der Waals surface area (Å²) in [6.07, 6.45) is 17.3. The Kier molecular flexibility index (Phi) is 12.6. The summed E-state index contributed by atoms with van der Waals surface area (Å²) in [6, 6.07) is 8.27. The fourth-order valence-electron chi connectivity index (χ4n) is 7.34. The highest BCUT2D eigenvalue weighted by Gasteiger charge is 2.43. The van der Waals surface area contributed by atoms with Crippen molar-refractivity contribution in [2.75, 3.05) is 33.9 Å². The molecule has 0 radical (unpaired) electrons. The van der Waals surface area contributed by atoms with Crippen LogP contribution in [0.3, 0.4) is 0 Å². The lowest BCUT2D eigenvalue weighted by Crippen LogP contribution is -2.47. The maximum atomic E-state index is 13.6. The molecule has 0 aliphatic heterocycles. The molecule has 3 saturated carbocycles. The van der Waals surface area contributed by atoms with E-state index in [-0.39, 0.29) is 23.8 Å². The molecule has 3 aliphatic rings. The zero-order valence-electron chi connectivity index (χ0n) is 25.3. The van der Waals surface area contributed by atoms with Gasteiger partial charge >= 0.3 is 0 Å². The Morgan fingerprint density at radius 3 is 2.55 bits per heavy atom. The molecule has 226 valence electrons. The van der Waals surface area contributed by atoms with Gasteiger partial charge in [0.15, 0.2) is 0 Å². The van der Waals surface area contributed by atoms with E-state index in [4.69, 9.17) is 9.47 Å². The van der Waals surface area contributed by atoms with E-state index < -0.39 is 5.60 Å². The van der Waals surface area contributed by atoms with E-state index in [9.17, 15) is 9.90 Å². The number of methoxy groups -OCH3 is 1. The van der Waals surface area contributed by atoms with Crippen LogP contribution in [-0.4, -0.2) is 51.0 Å². The number of carbonyl (C=O) groups excluding carboxylic acids is 1. The minimum atomic E-state index is -1.02. The van der Waals surface area contributed by atoms with Crippen molar-refractivity contribution >= 4 is 5.91 Å². The van der Waals surface area contributed by atoms with Crippen molar-refractivity contribution in [1.29, 1.82) is 0 Å². The molecule has 0 heterocycles. The number of amides is 1. The highest BCUT2D eigenvalue weighted by molar-refractivity contribution is 5.79. The van der Waals surface area contributed by atoms with Crippen molar-refractivity contribution in [3.05, 3.63) is 29.8 Å². The van der Waals surface area contributed by atoms with Crippen LogP contribution < -0.4 is 15.4 Å². The van der Waals surface area contributed by atoms with Crippen molar-refractivity contribution in [3.63, 3.8) is 0 Å². The number of carbonyl (C=O) groups is 1. The molecular formula is C34H56N2O4. The predicted molar refractivity (Wildman–Crippen MR) is 161 cm³/mol. The van der Waals surface area contributed by atoms with Gasteiger partial charge in [0.05, 0.1) is 12.2 Å². The van der Waals surface area contributed by atoms with Gasteiger partial charge in [-0.3, -0.25) is 4.79 Å². The first-order chi connectivity index (χ1) is 19.5. The average Bonchev–Trinajstić information content (AvgIpc) is 3.81. The number of unbranched alkanes of at least 4 members (excludes halogenated alkanes) is 1. The van der Waals surface area contributed by atoms with E-state index in [2.05, 4.69) is 16.7 Å². The van der Waals surface area contributed by atoms with Crippen LogP contribution in [-0.2, 0) is 15.1 Å². The second kappa shape index (κ2) is 16.1. The highest BCUT2D eigenvalue weighted by Crippen LogP contribution is 2.47. The smallest absolute Gasteiger partial charge is 0.223 e. The molecule has 4 rings (SSSR count). The lowest BCUT2D eigenvalue weighted by Gasteiger charge is -2.42. The number of likely N-dealkylation sites (N-methyl/N-ethyl adjacent to an activating group) is 1. The van der Waals surface area contributed by atoms with Gasteiger partial charge < -0.3 is 25.2 Å². The average molecular weight is 557 g/mol. The van der Waals surface area contributed by atoms with E-state index in [1.165, 1.54) is 44.9 Å². The Balaban J connectivity index is 1.45. The lowest BCUT2D eigenvalue weighted by atomic mass is 9.68. The lowest BCUT2D eigenvalue weighted by molar-refractivity contribution is -0.129. The van der Waals surface area contributed by atoms with E-state index in [1.807, 2.05) is 25.2 Å². The van der Waals surface area contributed by atoms with Gasteiger partial charge in [-0.05, 0) is 82.2 Å². The van der Waals surface area contributed by atoms with Crippen LogP contribution in [0.25, 0.3) is 0 Å². The zero-order valence-corrected chi connectivity index (χ0v) is 25.3. The zero-order chi connectivity index (χ0) is 28.2. The Morgan fingerprint density at radius 2 is 1.80 bits per heavy atom. The Morgan fingerprint density at radius 1 is 1.00 bits per heavy atom. The second-order valence-electron chi connectivity index (χ2n) is 13.0. The minimum absolute atomic E-state index is 0.0221. The van der Waals surface area contributed by atoms with E-state index in [1.54, 1.807) is 7.11 Å². The molecule has 1 aromatic rings. The molecular weight excluding hydrogens is 500 g/mol. The third kappa shape index (κ3) is 9.19. The Labute approximate surface area is 243 Å². The predicted octanol–water partition coefficient (Wildman–Crippen LogP) is 6.35. The third-order valence-electron chi connectivity index (χ3n) is 9.85. The van der Waals surface area contributed by atoms with Gasteiger partial charge in [-0.2, -0.15) is 0 Å². The molecule has 0 spiro atoms. The summed E-state index contributed by atoms with van der Waals surface area (Å²) >= 11 is 0. The summed E-state index contributed by atoms with van der Waals surface area (Å²) in [6.45, 7) is 2.21. The van der Waals surface area contributed by atoms with Crippen molar-refractivity contribution in [1.82, 2.24) is 10.6 Å². The van der Waals surface area contributed by atoms with Gasteiger partial charge in [0.1, 0.15) is 5.75 Å². The molecule has 0 aromatic heterocycles. The number of rotatable bonds is 17. The van der Waals surface area contributed by atoms with Crippen LogP contribution in [0, 0.1) is 23.7 Å². The Hall–Kier alpha value is -1.63. The van der Waals surface area contributed by atoms with Gasteiger partial charge in [0, 0.05) is 37.8 Å². The molecule has 4 atom stereocenters. The van der Waals surface area contributed by atoms with Gasteiger partial charge in [-0.15, -0.1) is 0 Å². The fourth-order valence-corrected chi connectivity index (χ4v) is 7.34. The summed E-state index contributed by atoms with van der Waals surface area (Å²) in [4.78, 5) is 13.6. The van der Waals surface area contributed by atoms with Gasteiger partial charge in [0.25, 0.3) is 0 Å². The molecule has 1 amide bonds. The van der Waals surface area contributed by atoms with Crippen LogP contribution in [0.5, 0.6) is 5.75 Å². The molecule has 6 heteroatoms. The number of benzene rings is 1. The highest BCUT2D eigenvalue weighted by atomic mass is 16.5. The summed E-state index contributed by atoms with van der Waals surface area (Å²) in [5.74, 6) is 2.48. The molecule has 0 bridgehead atoms. The van der Waals surface area contributed by atoms with Crippen molar-refractivity contribution in [2.24, 2.45) is 23.7 Å². The normalized spacial score (nSPS) is 24.3. The van der Waals surface area contributed by atoms with Crippen LogP contribution in [0.2, 0.25) is 0 Å². The summed E-state index contributed by atoms with van der Waals surface area (Å²) in [5.41, 5.74) is -0.116. The van der Waals surface area contributed by atoms with E-state index in [0.29, 0.717) is 19.6 Å². The van der Waals surface area contributed by atoms with Gasteiger partial charge in [-0.1, -0.05) is 69.6 Å². The molecule has 1 unspecified atom stereocenters. The van der Waals surface area contributed by atoms with Crippen LogP contribution in [0.15, 0.2) is 24.3 Å². The molecule has 0 saturated heterocycles. The van der Waals surface area contributed by atoms with Crippen molar-refractivity contribution in [2.45, 2.75) is 114 Å². The maximum Gasteiger partial charge on any atom is 0.223 e. The van der Waals surface area contributed by atoms with Gasteiger partial charge in [-0.25, -0.2) is 0 Å². The van der Waals surface area contributed by atoms with Gasteiger partial charge in [0.2, 0.25) is 5.91 Å². The second-order valence-corrected chi connectivity index (χ2v) is 13.0. The summed E-state index contributed by atoms with van der Waals surface area (Å²) in [7, 11) is 3.71. The first-order valence-corrected chi connectivity index (χ1v) is 16.4. The monoisotopic (exact) mass is 556 g/mol. The first kappa shape index (κ1) is 31.3. The third-order valence-corrected chi connectivity index (χ3v) is 9.85. The topological polar surface area (TPSA) is 79.8 Å². The number of hydrogen-bond acceptors (Lipinski definition) is 5. The number of ether oxygens (including phenoxy) is 2. The van der Waals surface area contributed by atoms with Crippen LogP contribution >= 0.6 is 0 Å². The molecule has 3 fully saturated rings.